The van der Waals surface area contributed by atoms with E-state index in [9.17, 15) is 4.79 Å². The fourth-order valence-corrected chi connectivity index (χ4v) is 1.71. The average Bonchev–Trinajstić information content (AvgIpc) is 2.38. The Morgan fingerprint density at radius 1 is 1.32 bits per heavy atom. The third-order valence-corrected chi connectivity index (χ3v) is 2.67. The zero-order valence-corrected chi connectivity index (χ0v) is 11.1. The number of rotatable bonds is 3. The number of amides is 1. The van der Waals surface area contributed by atoms with Crippen LogP contribution in [0, 0.1) is 13.8 Å². The van der Waals surface area contributed by atoms with Gasteiger partial charge in [0.15, 0.2) is 0 Å². The van der Waals surface area contributed by atoms with Crippen molar-refractivity contribution < 1.29 is 9.53 Å². The Morgan fingerprint density at radius 3 is 2.79 bits per heavy atom. The summed E-state index contributed by atoms with van der Waals surface area (Å²) in [4.78, 5) is 20.3. The second-order valence-electron chi connectivity index (χ2n) is 4.10. The zero-order valence-electron chi connectivity index (χ0n) is 11.1. The first-order valence-corrected chi connectivity index (χ1v) is 5.86. The molecule has 5 nitrogen and oxygen atoms in total. The van der Waals surface area contributed by atoms with Crippen molar-refractivity contribution >= 4 is 11.6 Å². The fraction of sp³-hybridized carbons (Fsp3) is 0.214. The van der Waals surface area contributed by atoms with Gasteiger partial charge in [0, 0.05) is 18.0 Å². The van der Waals surface area contributed by atoms with Crippen LogP contribution in [0.15, 0.2) is 30.5 Å². The summed E-state index contributed by atoms with van der Waals surface area (Å²) in [6.07, 6.45) is 1.53. The number of benzene rings is 1. The molecular weight excluding hydrogens is 242 g/mol. The molecule has 0 aliphatic carbocycles. The minimum Gasteiger partial charge on any atom is -0.497 e. The molecule has 2 aromatic rings. The number of aryl methyl sites for hydroxylation is 2. The molecule has 2 rings (SSSR count). The molecule has 0 saturated heterocycles. The molecule has 5 heteroatoms. The zero-order chi connectivity index (χ0) is 13.8. The molecule has 98 valence electrons. The quantitative estimate of drug-likeness (QED) is 0.916. The maximum Gasteiger partial charge on any atom is 0.259 e. The molecule has 0 saturated carbocycles. The Hall–Kier alpha value is -2.43. The van der Waals surface area contributed by atoms with Crippen LogP contribution in [0.25, 0.3) is 0 Å². The van der Waals surface area contributed by atoms with Crippen LogP contribution in [0.5, 0.6) is 5.75 Å². The Labute approximate surface area is 111 Å². The van der Waals surface area contributed by atoms with Crippen LogP contribution in [0.3, 0.4) is 0 Å². The average molecular weight is 257 g/mol. The van der Waals surface area contributed by atoms with Gasteiger partial charge in [0.1, 0.15) is 11.6 Å². The summed E-state index contributed by atoms with van der Waals surface area (Å²) in [7, 11) is 1.58. The maximum atomic E-state index is 12.1. The van der Waals surface area contributed by atoms with Crippen LogP contribution < -0.4 is 10.1 Å². The second-order valence-corrected chi connectivity index (χ2v) is 4.10. The second kappa shape index (κ2) is 5.48. The molecule has 0 atom stereocenters. The van der Waals surface area contributed by atoms with E-state index in [-0.39, 0.29) is 5.91 Å². The van der Waals surface area contributed by atoms with Gasteiger partial charge in [-0.15, -0.1) is 0 Å². The number of anilines is 1. The van der Waals surface area contributed by atoms with Gasteiger partial charge in [0.25, 0.3) is 5.91 Å². The lowest BCUT2D eigenvalue weighted by atomic mass is 10.2. The lowest BCUT2D eigenvalue weighted by Crippen LogP contribution is -2.15. The molecule has 0 aliphatic heterocycles. The van der Waals surface area contributed by atoms with Crippen LogP contribution in [0.4, 0.5) is 5.69 Å². The Bertz CT molecular complexity index is 611. The number of aromatic nitrogens is 2. The number of carbonyl (C=O) groups is 1. The molecular formula is C14H15N3O2. The summed E-state index contributed by atoms with van der Waals surface area (Å²) in [5.41, 5.74) is 1.80. The van der Waals surface area contributed by atoms with Gasteiger partial charge in [-0.05, 0) is 26.0 Å². The highest BCUT2D eigenvalue weighted by Gasteiger charge is 2.11. The van der Waals surface area contributed by atoms with Crippen molar-refractivity contribution in [3.8, 4) is 5.75 Å². The highest BCUT2D eigenvalue weighted by atomic mass is 16.5. The minimum atomic E-state index is -0.231. The summed E-state index contributed by atoms with van der Waals surface area (Å²) >= 11 is 0. The number of nitrogens with one attached hydrogen (secondary N) is 1. The molecule has 0 radical (unpaired) electrons. The number of carbonyl (C=O) groups excluding carboxylic acids is 1. The van der Waals surface area contributed by atoms with E-state index in [1.54, 1.807) is 33.1 Å². The largest absolute Gasteiger partial charge is 0.497 e. The van der Waals surface area contributed by atoms with E-state index >= 15 is 0 Å². The predicted molar refractivity (Wildman–Crippen MR) is 72.5 cm³/mol. The molecule has 1 heterocycles. The molecule has 1 amide bonds. The molecule has 1 N–H and O–H groups in total. The van der Waals surface area contributed by atoms with Crippen molar-refractivity contribution in [1.82, 2.24) is 9.97 Å². The molecule has 19 heavy (non-hydrogen) atoms. The van der Waals surface area contributed by atoms with Crippen molar-refractivity contribution in [1.29, 1.82) is 0 Å². The molecule has 0 fully saturated rings. The van der Waals surface area contributed by atoms with Crippen molar-refractivity contribution in [2.75, 3.05) is 12.4 Å². The lowest BCUT2D eigenvalue weighted by molar-refractivity contribution is 0.102. The smallest absolute Gasteiger partial charge is 0.259 e. The maximum absolute atomic E-state index is 12.1. The van der Waals surface area contributed by atoms with Crippen LogP contribution >= 0.6 is 0 Å². The van der Waals surface area contributed by atoms with Gasteiger partial charge in [0.2, 0.25) is 0 Å². The van der Waals surface area contributed by atoms with Crippen molar-refractivity contribution in [2.45, 2.75) is 13.8 Å². The number of hydrogen-bond acceptors (Lipinski definition) is 4. The minimum absolute atomic E-state index is 0.231. The van der Waals surface area contributed by atoms with Gasteiger partial charge >= 0.3 is 0 Å². The summed E-state index contributed by atoms with van der Waals surface area (Å²) in [6, 6.07) is 7.18. The standard InChI is InChI=1S/C14H15N3O2/c1-9-13(8-15-10(2)16-9)14(18)17-11-5-4-6-12(7-11)19-3/h4-8H,1-3H3,(H,17,18). The molecule has 0 unspecified atom stereocenters. The summed E-state index contributed by atoms with van der Waals surface area (Å²) in [5.74, 6) is 1.11. The van der Waals surface area contributed by atoms with Crippen molar-refractivity contribution in [3.05, 3.63) is 47.5 Å². The number of nitrogens with zero attached hydrogens (tertiary/aromatic N) is 2. The molecule has 1 aromatic carbocycles. The van der Waals surface area contributed by atoms with Crippen molar-refractivity contribution in [2.24, 2.45) is 0 Å². The van der Waals surface area contributed by atoms with E-state index in [4.69, 9.17) is 4.74 Å². The van der Waals surface area contributed by atoms with E-state index in [2.05, 4.69) is 15.3 Å². The van der Waals surface area contributed by atoms with Crippen molar-refractivity contribution in [3.63, 3.8) is 0 Å². The SMILES string of the molecule is COc1cccc(NC(=O)c2cnc(C)nc2C)c1. The van der Waals surface area contributed by atoms with E-state index in [0.29, 0.717) is 28.5 Å². The third-order valence-electron chi connectivity index (χ3n) is 2.67. The first-order chi connectivity index (χ1) is 9.10. The summed E-state index contributed by atoms with van der Waals surface area (Å²) in [5, 5.41) is 2.79. The predicted octanol–water partition coefficient (Wildman–Crippen LogP) is 2.35. The molecule has 0 bridgehead atoms. The third kappa shape index (κ3) is 3.07. The number of ether oxygens (including phenoxy) is 1. The Balaban J connectivity index is 2.20. The normalized spacial score (nSPS) is 10.1. The summed E-state index contributed by atoms with van der Waals surface area (Å²) in [6.45, 7) is 3.58. The lowest BCUT2D eigenvalue weighted by Gasteiger charge is -2.08. The van der Waals surface area contributed by atoms with E-state index in [1.165, 1.54) is 6.20 Å². The van der Waals surface area contributed by atoms with Gasteiger partial charge in [0.05, 0.1) is 18.4 Å². The van der Waals surface area contributed by atoms with Gasteiger partial charge in [-0.3, -0.25) is 4.79 Å². The van der Waals surface area contributed by atoms with Crippen LogP contribution in [0.1, 0.15) is 21.9 Å². The van der Waals surface area contributed by atoms with Gasteiger partial charge < -0.3 is 10.1 Å². The van der Waals surface area contributed by atoms with E-state index < -0.39 is 0 Å². The molecule has 0 aliphatic rings. The van der Waals surface area contributed by atoms with E-state index in [1.807, 2.05) is 12.1 Å². The Kier molecular flexibility index (Phi) is 3.75. The highest BCUT2D eigenvalue weighted by molar-refractivity contribution is 6.04. The first-order valence-electron chi connectivity index (χ1n) is 5.86. The summed E-state index contributed by atoms with van der Waals surface area (Å²) < 4.78 is 5.11. The number of hydrogen-bond donors (Lipinski definition) is 1. The van der Waals surface area contributed by atoms with Crippen LogP contribution in [-0.2, 0) is 0 Å². The van der Waals surface area contributed by atoms with Gasteiger partial charge in [-0.25, -0.2) is 9.97 Å². The highest BCUT2D eigenvalue weighted by Crippen LogP contribution is 2.17. The monoisotopic (exact) mass is 257 g/mol. The van der Waals surface area contributed by atoms with Crippen LogP contribution in [0.2, 0.25) is 0 Å². The first kappa shape index (κ1) is 13.0. The Morgan fingerprint density at radius 2 is 2.11 bits per heavy atom. The number of methoxy groups -OCH3 is 1. The topological polar surface area (TPSA) is 64.1 Å². The van der Waals surface area contributed by atoms with Gasteiger partial charge in [-0.2, -0.15) is 0 Å². The molecule has 0 spiro atoms. The van der Waals surface area contributed by atoms with E-state index in [0.717, 1.165) is 0 Å². The van der Waals surface area contributed by atoms with Gasteiger partial charge in [-0.1, -0.05) is 6.07 Å². The van der Waals surface area contributed by atoms with Crippen LogP contribution in [-0.4, -0.2) is 23.0 Å². The molecule has 1 aromatic heterocycles. The fourth-order valence-electron chi connectivity index (χ4n) is 1.71.